The Balaban J connectivity index is 1.86. The Labute approximate surface area is 176 Å². The first-order valence-electron chi connectivity index (χ1n) is 8.88. The summed E-state index contributed by atoms with van der Waals surface area (Å²) in [5.41, 5.74) is 0.166. The molecule has 0 aliphatic rings. The van der Waals surface area contributed by atoms with Gasteiger partial charge in [-0.2, -0.15) is 0 Å². The van der Waals surface area contributed by atoms with Crippen molar-refractivity contribution < 1.29 is 31.1 Å². The lowest BCUT2D eigenvalue weighted by atomic mass is 10.2. The van der Waals surface area contributed by atoms with Gasteiger partial charge in [-0.3, -0.25) is 9.10 Å². The molecule has 0 radical (unpaired) electrons. The predicted octanol–water partition coefficient (Wildman–Crippen LogP) is 4.66. The molecule has 0 saturated carbocycles. The second-order valence-electron chi connectivity index (χ2n) is 6.33. The molecule has 0 aromatic heterocycles. The van der Waals surface area contributed by atoms with Gasteiger partial charge in [0.25, 0.3) is 15.9 Å². The van der Waals surface area contributed by atoms with E-state index < -0.39 is 28.0 Å². The Hall–Kier alpha value is -3.53. The van der Waals surface area contributed by atoms with Gasteiger partial charge in [0.05, 0.1) is 16.3 Å². The van der Waals surface area contributed by atoms with Crippen LogP contribution in [0.2, 0.25) is 0 Å². The van der Waals surface area contributed by atoms with E-state index in [1.165, 1.54) is 43.4 Å². The van der Waals surface area contributed by atoms with Gasteiger partial charge in [-0.05, 0) is 42.5 Å². The Morgan fingerprint density at radius 1 is 0.935 bits per heavy atom. The Morgan fingerprint density at radius 3 is 2.26 bits per heavy atom. The van der Waals surface area contributed by atoms with Crippen LogP contribution in [0.15, 0.2) is 83.8 Å². The molecule has 0 spiro atoms. The van der Waals surface area contributed by atoms with E-state index in [-0.39, 0.29) is 16.1 Å². The monoisotopic (exact) mass is 450 g/mol. The number of rotatable bonds is 6. The van der Waals surface area contributed by atoms with Crippen LogP contribution in [0.25, 0.3) is 0 Å². The molecule has 1 amide bonds. The highest BCUT2D eigenvalue weighted by atomic mass is 32.2. The van der Waals surface area contributed by atoms with Gasteiger partial charge >= 0.3 is 6.36 Å². The third-order valence-corrected chi connectivity index (χ3v) is 6.02. The fourth-order valence-electron chi connectivity index (χ4n) is 2.71. The number of alkyl halides is 3. The first kappa shape index (κ1) is 22.2. The summed E-state index contributed by atoms with van der Waals surface area (Å²) in [6.07, 6.45) is -4.93. The van der Waals surface area contributed by atoms with E-state index in [0.29, 0.717) is 5.69 Å². The average Bonchev–Trinajstić information content (AvgIpc) is 2.74. The Kier molecular flexibility index (Phi) is 6.21. The van der Waals surface area contributed by atoms with Gasteiger partial charge in [0.2, 0.25) is 0 Å². The maximum atomic E-state index is 12.9. The lowest BCUT2D eigenvalue weighted by Gasteiger charge is -2.20. The number of ether oxygens (including phenoxy) is 1. The third kappa shape index (κ3) is 5.34. The number of halogens is 3. The molecule has 1 N–H and O–H groups in total. The van der Waals surface area contributed by atoms with Gasteiger partial charge in [0.15, 0.2) is 5.75 Å². The summed E-state index contributed by atoms with van der Waals surface area (Å²) in [5.74, 6) is -1.38. The number of benzene rings is 3. The van der Waals surface area contributed by atoms with E-state index in [1.54, 1.807) is 30.3 Å². The molecule has 0 bridgehead atoms. The Morgan fingerprint density at radius 2 is 1.58 bits per heavy atom. The van der Waals surface area contributed by atoms with Gasteiger partial charge in [-0.25, -0.2) is 8.42 Å². The van der Waals surface area contributed by atoms with Crippen LogP contribution in [-0.2, 0) is 10.0 Å². The van der Waals surface area contributed by atoms with Crippen molar-refractivity contribution in [2.45, 2.75) is 11.3 Å². The molecule has 10 heteroatoms. The minimum absolute atomic E-state index is 0.0515. The van der Waals surface area contributed by atoms with Crippen LogP contribution in [0, 0.1) is 0 Å². The molecule has 0 aliphatic heterocycles. The SMILES string of the molecule is CN(c1ccccc1)S(=O)(=O)c1cccc(C(=O)Nc2ccccc2OC(F)(F)F)c1. The van der Waals surface area contributed by atoms with Crippen LogP contribution in [-0.4, -0.2) is 27.7 Å². The number of carbonyl (C=O) groups excluding carboxylic acids is 1. The maximum absolute atomic E-state index is 12.9. The van der Waals surface area contributed by atoms with Crippen molar-refractivity contribution in [3.05, 3.63) is 84.4 Å². The van der Waals surface area contributed by atoms with Crippen LogP contribution < -0.4 is 14.4 Å². The standard InChI is InChI=1S/C21H17F3N2O4S/c1-26(16-9-3-2-4-10-16)31(28,29)17-11-7-8-15(14-17)20(27)25-18-12-5-6-13-19(18)30-21(22,23)24/h2-14H,1H3,(H,25,27). The minimum Gasteiger partial charge on any atom is -0.404 e. The predicted molar refractivity (Wildman–Crippen MR) is 110 cm³/mol. The fraction of sp³-hybridized carbons (Fsp3) is 0.0952. The van der Waals surface area contributed by atoms with Crippen molar-refractivity contribution in [1.82, 2.24) is 0 Å². The highest BCUT2D eigenvalue weighted by molar-refractivity contribution is 7.92. The van der Waals surface area contributed by atoms with Crippen molar-refractivity contribution in [2.75, 3.05) is 16.7 Å². The van der Waals surface area contributed by atoms with Crippen molar-refractivity contribution in [3.63, 3.8) is 0 Å². The zero-order chi connectivity index (χ0) is 22.6. The van der Waals surface area contributed by atoms with E-state index >= 15 is 0 Å². The number of amides is 1. The number of carbonyl (C=O) groups is 1. The largest absolute Gasteiger partial charge is 0.573 e. The number of hydrogen-bond acceptors (Lipinski definition) is 4. The van der Waals surface area contributed by atoms with E-state index in [1.807, 2.05) is 0 Å². The topological polar surface area (TPSA) is 75.7 Å². The van der Waals surface area contributed by atoms with E-state index in [0.717, 1.165) is 16.4 Å². The fourth-order valence-corrected chi connectivity index (χ4v) is 3.95. The van der Waals surface area contributed by atoms with Crippen LogP contribution in [0.1, 0.15) is 10.4 Å². The number of anilines is 2. The molecule has 6 nitrogen and oxygen atoms in total. The number of nitrogens with one attached hydrogen (secondary N) is 1. The number of sulfonamides is 1. The molecule has 162 valence electrons. The van der Waals surface area contributed by atoms with E-state index in [4.69, 9.17) is 0 Å². The summed E-state index contributed by atoms with van der Waals surface area (Å²) in [6.45, 7) is 0. The van der Waals surface area contributed by atoms with Crippen LogP contribution in [0.4, 0.5) is 24.5 Å². The molecule has 31 heavy (non-hydrogen) atoms. The summed E-state index contributed by atoms with van der Waals surface area (Å²) in [5, 5.41) is 2.32. The minimum atomic E-state index is -4.93. The van der Waals surface area contributed by atoms with E-state index in [9.17, 15) is 26.4 Å². The third-order valence-electron chi connectivity index (χ3n) is 4.24. The zero-order valence-corrected chi connectivity index (χ0v) is 16.9. The summed E-state index contributed by atoms with van der Waals surface area (Å²) in [6, 6.07) is 18.6. The van der Waals surface area contributed by atoms with Crippen molar-refractivity contribution in [2.24, 2.45) is 0 Å². The molecule has 0 atom stereocenters. The summed E-state index contributed by atoms with van der Waals surface area (Å²) in [7, 11) is -2.60. The molecule has 3 aromatic carbocycles. The van der Waals surface area contributed by atoms with E-state index in [2.05, 4.69) is 10.1 Å². The normalized spacial score (nSPS) is 11.6. The summed E-state index contributed by atoms with van der Waals surface area (Å²) in [4.78, 5) is 12.4. The first-order chi connectivity index (χ1) is 14.6. The summed E-state index contributed by atoms with van der Waals surface area (Å²) < 4.78 is 68.6. The van der Waals surface area contributed by atoms with Gasteiger partial charge in [-0.15, -0.1) is 13.2 Å². The highest BCUT2D eigenvalue weighted by Gasteiger charge is 2.32. The maximum Gasteiger partial charge on any atom is 0.573 e. The average molecular weight is 450 g/mol. The molecule has 3 aromatic rings. The number of para-hydroxylation sites is 3. The van der Waals surface area contributed by atoms with Crippen LogP contribution >= 0.6 is 0 Å². The first-order valence-corrected chi connectivity index (χ1v) is 10.3. The molecular formula is C21H17F3N2O4S. The molecule has 0 saturated heterocycles. The van der Waals surface area contributed by atoms with Crippen LogP contribution in [0.5, 0.6) is 5.75 Å². The van der Waals surface area contributed by atoms with Crippen molar-refractivity contribution in [1.29, 1.82) is 0 Å². The molecule has 0 aliphatic carbocycles. The highest BCUT2D eigenvalue weighted by Crippen LogP contribution is 2.30. The number of nitrogens with zero attached hydrogens (tertiary/aromatic N) is 1. The second-order valence-corrected chi connectivity index (χ2v) is 8.30. The lowest BCUT2D eigenvalue weighted by molar-refractivity contribution is -0.274. The molecule has 0 heterocycles. The quantitative estimate of drug-likeness (QED) is 0.593. The van der Waals surface area contributed by atoms with Crippen molar-refractivity contribution >= 4 is 27.3 Å². The lowest BCUT2D eigenvalue weighted by Crippen LogP contribution is -2.26. The van der Waals surface area contributed by atoms with Crippen LogP contribution in [0.3, 0.4) is 0 Å². The van der Waals surface area contributed by atoms with Crippen molar-refractivity contribution in [3.8, 4) is 5.75 Å². The smallest absolute Gasteiger partial charge is 0.404 e. The van der Waals surface area contributed by atoms with Gasteiger partial charge in [-0.1, -0.05) is 36.4 Å². The summed E-state index contributed by atoms with van der Waals surface area (Å²) >= 11 is 0. The second kappa shape index (κ2) is 8.68. The number of hydrogen-bond donors (Lipinski definition) is 1. The van der Waals surface area contributed by atoms with Gasteiger partial charge in [0.1, 0.15) is 0 Å². The van der Waals surface area contributed by atoms with Gasteiger partial charge in [0, 0.05) is 12.6 Å². The molecule has 3 rings (SSSR count). The molecular weight excluding hydrogens is 433 g/mol. The van der Waals surface area contributed by atoms with Gasteiger partial charge < -0.3 is 10.1 Å². The Bertz CT molecular complexity index is 1180. The molecule has 0 fully saturated rings. The molecule has 0 unspecified atom stereocenters. The zero-order valence-electron chi connectivity index (χ0n) is 16.1.